The molecule has 0 bridgehead atoms. The molecule has 0 saturated heterocycles. The predicted octanol–water partition coefficient (Wildman–Crippen LogP) is 2.10. The fourth-order valence-electron chi connectivity index (χ4n) is 3.21. The molecular weight excluding hydrogens is 350 g/mol. The Kier molecular flexibility index (Phi) is 4.12. The maximum Gasteiger partial charge on any atom is 0.343 e. The number of ether oxygens (including phenoxy) is 2. The average Bonchev–Trinajstić information content (AvgIpc) is 2.66. The highest BCUT2D eigenvalue weighted by Crippen LogP contribution is 2.40. The van der Waals surface area contributed by atoms with Crippen LogP contribution < -0.4 is 20.8 Å². The Balaban J connectivity index is 1.77. The van der Waals surface area contributed by atoms with E-state index in [4.69, 9.17) is 19.6 Å². The smallest absolute Gasteiger partial charge is 0.343 e. The van der Waals surface area contributed by atoms with Crippen molar-refractivity contribution in [2.24, 2.45) is 5.73 Å². The third kappa shape index (κ3) is 3.15. The number of nitrogens with two attached hydrogens (primary N) is 1. The van der Waals surface area contributed by atoms with Crippen LogP contribution in [-0.4, -0.2) is 18.5 Å². The lowest BCUT2D eigenvalue weighted by molar-refractivity contribution is -0.135. The van der Waals surface area contributed by atoms with Gasteiger partial charge in [-0.15, -0.1) is 0 Å². The minimum Gasteiger partial charge on any atom is -0.484 e. The molecule has 0 spiro atoms. The number of hydrogen-bond acceptors (Lipinski definition) is 6. The molecule has 7 nitrogen and oxygen atoms in total. The highest BCUT2D eigenvalue weighted by Gasteiger charge is 2.33. The Bertz CT molecular complexity index is 1100. The van der Waals surface area contributed by atoms with Crippen LogP contribution in [0.25, 0.3) is 11.0 Å². The predicted molar refractivity (Wildman–Crippen MR) is 95.7 cm³/mol. The summed E-state index contributed by atoms with van der Waals surface area (Å²) >= 11 is 0. The molecule has 1 atom stereocenters. The standard InChI is InChI=1S/C20H15NO6/c21-16(22)10-25-12-7-5-11(6-8-12)14-9-17(23)27-19-13-3-1-2-4-15(13)26-20(24)18(14)19/h1-8,14H,9-10H2,(H2,21,22). The molecule has 136 valence electrons. The van der Waals surface area contributed by atoms with Gasteiger partial charge in [0.05, 0.1) is 17.4 Å². The van der Waals surface area contributed by atoms with Crippen molar-refractivity contribution in [1.29, 1.82) is 0 Å². The first kappa shape index (κ1) is 16.8. The molecule has 4 rings (SSSR count). The summed E-state index contributed by atoms with van der Waals surface area (Å²) in [6, 6.07) is 13.7. The maximum absolute atomic E-state index is 12.6. The van der Waals surface area contributed by atoms with E-state index in [9.17, 15) is 14.4 Å². The van der Waals surface area contributed by atoms with E-state index < -0.39 is 23.4 Å². The third-order valence-corrected chi connectivity index (χ3v) is 4.40. The summed E-state index contributed by atoms with van der Waals surface area (Å²) in [4.78, 5) is 35.6. The molecule has 27 heavy (non-hydrogen) atoms. The van der Waals surface area contributed by atoms with Crippen LogP contribution in [0.4, 0.5) is 0 Å². The van der Waals surface area contributed by atoms with E-state index in [0.29, 0.717) is 22.3 Å². The molecule has 1 aliphatic heterocycles. The van der Waals surface area contributed by atoms with Crippen molar-refractivity contribution in [2.45, 2.75) is 12.3 Å². The summed E-state index contributed by atoms with van der Waals surface area (Å²) in [5.41, 5.74) is 5.95. The highest BCUT2D eigenvalue weighted by molar-refractivity contribution is 5.90. The van der Waals surface area contributed by atoms with Gasteiger partial charge < -0.3 is 19.6 Å². The van der Waals surface area contributed by atoms with E-state index in [2.05, 4.69) is 0 Å². The number of esters is 1. The first-order chi connectivity index (χ1) is 13.0. The quantitative estimate of drug-likeness (QED) is 0.560. The molecule has 2 N–H and O–H groups in total. The zero-order valence-electron chi connectivity index (χ0n) is 14.1. The number of para-hydroxylation sites is 1. The lowest BCUT2D eigenvalue weighted by Gasteiger charge is -2.24. The molecule has 3 aromatic rings. The number of amides is 1. The number of primary amides is 1. The molecule has 0 aliphatic carbocycles. The van der Waals surface area contributed by atoms with Gasteiger partial charge in [-0.1, -0.05) is 24.3 Å². The summed E-state index contributed by atoms with van der Waals surface area (Å²) in [6.07, 6.45) is 0.0254. The Hall–Kier alpha value is -3.61. The van der Waals surface area contributed by atoms with Crippen LogP contribution in [0.3, 0.4) is 0 Å². The zero-order valence-corrected chi connectivity index (χ0v) is 14.1. The summed E-state index contributed by atoms with van der Waals surface area (Å²) in [5, 5.41) is 0.576. The van der Waals surface area contributed by atoms with Gasteiger partial charge in [0.25, 0.3) is 5.91 Å². The first-order valence-corrected chi connectivity index (χ1v) is 8.30. The molecule has 0 saturated carbocycles. The van der Waals surface area contributed by atoms with Crippen LogP contribution in [0.15, 0.2) is 57.7 Å². The van der Waals surface area contributed by atoms with Crippen molar-refractivity contribution in [2.75, 3.05) is 6.61 Å². The average molecular weight is 365 g/mol. The summed E-state index contributed by atoms with van der Waals surface area (Å²) in [6.45, 7) is -0.229. The number of fused-ring (bicyclic) bond motifs is 3. The van der Waals surface area contributed by atoms with Crippen molar-refractivity contribution < 1.29 is 23.5 Å². The number of hydrogen-bond donors (Lipinski definition) is 1. The van der Waals surface area contributed by atoms with Gasteiger partial charge in [0.1, 0.15) is 11.3 Å². The van der Waals surface area contributed by atoms with E-state index in [1.807, 2.05) is 0 Å². The first-order valence-electron chi connectivity index (χ1n) is 8.30. The van der Waals surface area contributed by atoms with Gasteiger partial charge in [-0.25, -0.2) is 4.79 Å². The lowest BCUT2D eigenvalue weighted by atomic mass is 9.86. The van der Waals surface area contributed by atoms with E-state index in [-0.39, 0.29) is 18.8 Å². The highest BCUT2D eigenvalue weighted by atomic mass is 16.5. The van der Waals surface area contributed by atoms with Gasteiger partial charge >= 0.3 is 11.6 Å². The minimum absolute atomic E-state index is 0.0254. The van der Waals surface area contributed by atoms with Gasteiger partial charge in [0, 0.05) is 5.92 Å². The fraction of sp³-hybridized carbons (Fsp3) is 0.150. The Labute approximate surface area is 153 Å². The molecule has 2 heterocycles. The van der Waals surface area contributed by atoms with E-state index >= 15 is 0 Å². The van der Waals surface area contributed by atoms with Crippen molar-refractivity contribution in [1.82, 2.24) is 0 Å². The van der Waals surface area contributed by atoms with Crippen LogP contribution >= 0.6 is 0 Å². The summed E-state index contributed by atoms with van der Waals surface area (Å²) in [7, 11) is 0. The summed E-state index contributed by atoms with van der Waals surface area (Å²) in [5.74, 6) is -0.781. The minimum atomic E-state index is -0.576. The fourth-order valence-corrected chi connectivity index (χ4v) is 3.21. The van der Waals surface area contributed by atoms with Crippen LogP contribution in [0, 0.1) is 0 Å². The van der Waals surface area contributed by atoms with Gasteiger partial charge in [-0.05, 0) is 29.8 Å². The van der Waals surface area contributed by atoms with Gasteiger partial charge in [0.2, 0.25) is 0 Å². The molecule has 1 amide bonds. The molecule has 1 unspecified atom stereocenters. The van der Waals surface area contributed by atoms with Crippen LogP contribution in [0.2, 0.25) is 0 Å². The van der Waals surface area contributed by atoms with Gasteiger partial charge in [-0.3, -0.25) is 9.59 Å². The second kappa shape index (κ2) is 6.60. The van der Waals surface area contributed by atoms with Gasteiger partial charge in [-0.2, -0.15) is 0 Å². The largest absolute Gasteiger partial charge is 0.484 e. The van der Waals surface area contributed by atoms with Crippen LogP contribution in [0.5, 0.6) is 11.5 Å². The Morgan fingerprint density at radius 3 is 2.59 bits per heavy atom. The van der Waals surface area contributed by atoms with Gasteiger partial charge in [0.15, 0.2) is 12.4 Å². The normalized spacial score (nSPS) is 15.9. The van der Waals surface area contributed by atoms with E-state index in [1.165, 1.54) is 0 Å². The maximum atomic E-state index is 12.6. The van der Waals surface area contributed by atoms with Crippen LogP contribution in [-0.2, 0) is 9.59 Å². The third-order valence-electron chi connectivity index (χ3n) is 4.40. The second-order valence-electron chi connectivity index (χ2n) is 6.18. The molecule has 7 heteroatoms. The Morgan fingerprint density at radius 1 is 1.11 bits per heavy atom. The lowest BCUT2D eigenvalue weighted by Crippen LogP contribution is -2.26. The van der Waals surface area contributed by atoms with Crippen LogP contribution in [0.1, 0.15) is 23.5 Å². The molecule has 2 aromatic carbocycles. The van der Waals surface area contributed by atoms with Crippen molar-refractivity contribution in [3.63, 3.8) is 0 Å². The van der Waals surface area contributed by atoms with Crippen molar-refractivity contribution in [3.8, 4) is 11.5 Å². The number of rotatable bonds is 4. The number of carbonyl (C=O) groups excluding carboxylic acids is 2. The Morgan fingerprint density at radius 2 is 1.85 bits per heavy atom. The zero-order chi connectivity index (χ0) is 19.0. The number of carbonyl (C=O) groups is 2. The van der Waals surface area contributed by atoms with E-state index in [0.717, 1.165) is 5.56 Å². The molecule has 1 aliphatic rings. The molecular formula is C20H15NO6. The van der Waals surface area contributed by atoms with Crippen molar-refractivity contribution in [3.05, 3.63) is 70.1 Å². The monoisotopic (exact) mass is 365 g/mol. The summed E-state index contributed by atoms with van der Waals surface area (Å²) < 4.78 is 16.0. The SMILES string of the molecule is NC(=O)COc1ccc(C2CC(=O)Oc3c2c(=O)oc2ccccc32)cc1. The topological polar surface area (TPSA) is 109 Å². The van der Waals surface area contributed by atoms with Crippen molar-refractivity contribution >= 4 is 22.8 Å². The molecule has 1 aromatic heterocycles. The number of benzene rings is 2. The molecule has 0 radical (unpaired) electrons. The molecule has 0 fully saturated rings. The second-order valence-corrected chi connectivity index (χ2v) is 6.18. The van der Waals surface area contributed by atoms with E-state index in [1.54, 1.807) is 48.5 Å².